The molecule has 1 unspecified atom stereocenters. The van der Waals surface area contributed by atoms with Crippen molar-refractivity contribution in [2.24, 2.45) is 0 Å². The molecule has 1 fully saturated rings. The Hall–Kier alpha value is -0.370. The highest BCUT2D eigenvalue weighted by Crippen LogP contribution is 2.11. The predicted molar refractivity (Wildman–Crippen MR) is 15.6 cm³/mol. The summed E-state index contributed by atoms with van der Waals surface area (Å²) in [4.78, 5) is 9.64. The highest BCUT2D eigenvalue weighted by Gasteiger charge is 2.31. The lowest BCUT2D eigenvalue weighted by Crippen LogP contribution is -1.76. The lowest BCUT2D eigenvalue weighted by molar-refractivity contribution is -0.112. The molecular weight excluding hydrogens is 68.0 g/mol. The Bertz CT molecular complexity index is 67.3. The zero-order chi connectivity index (χ0) is 3.86. The fraction of sp³-hybridized carbons (Fsp3) is 0.667. The Balaban J connectivity index is 2.47. The van der Waals surface area contributed by atoms with E-state index in [1.54, 1.807) is 0 Å². The molecule has 1 rings (SSSR count). The SMILES string of the molecule is O=C1CC1O. The highest BCUT2D eigenvalue weighted by atomic mass is 16.3. The Morgan fingerprint density at radius 2 is 2.20 bits per heavy atom. The zero-order valence-electron chi connectivity index (χ0n) is 2.64. The maximum absolute atomic E-state index is 9.64. The van der Waals surface area contributed by atoms with Gasteiger partial charge in [0.25, 0.3) is 0 Å². The van der Waals surface area contributed by atoms with E-state index in [9.17, 15) is 4.79 Å². The molecule has 0 radical (unpaired) electrons. The van der Waals surface area contributed by atoms with Crippen LogP contribution in [0.5, 0.6) is 0 Å². The summed E-state index contributed by atoms with van der Waals surface area (Å²) in [6, 6.07) is 0. The third-order valence-corrected chi connectivity index (χ3v) is 0.606. The molecule has 28 valence electrons. The van der Waals surface area contributed by atoms with Crippen molar-refractivity contribution in [1.29, 1.82) is 0 Å². The largest absolute Gasteiger partial charge is 0.385 e. The summed E-state index contributed by atoms with van der Waals surface area (Å²) in [5.41, 5.74) is 0. The highest BCUT2D eigenvalue weighted by molar-refractivity contribution is 5.98. The Labute approximate surface area is 29.4 Å². The molecule has 0 aromatic rings. The maximum Gasteiger partial charge on any atom is 0.164 e. The van der Waals surface area contributed by atoms with Crippen molar-refractivity contribution in [3.63, 3.8) is 0 Å². The van der Waals surface area contributed by atoms with Gasteiger partial charge in [-0.3, -0.25) is 4.79 Å². The van der Waals surface area contributed by atoms with Gasteiger partial charge in [0.05, 0.1) is 0 Å². The second-order valence-electron chi connectivity index (χ2n) is 1.19. The van der Waals surface area contributed by atoms with Crippen LogP contribution in [0.2, 0.25) is 0 Å². The molecule has 0 bridgehead atoms. The van der Waals surface area contributed by atoms with Crippen LogP contribution in [0.15, 0.2) is 0 Å². The fourth-order valence-corrected chi connectivity index (χ4v) is 0.132. The molecule has 1 saturated carbocycles. The van der Waals surface area contributed by atoms with Gasteiger partial charge in [-0.2, -0.15) is 0 Å². The van der Waals surface area contributed by atoms with Crippen LogP contribution in [-0.2, 0) is 4.79 Å². The Kier molecular flexibility index (Phi) is 0.325. The summed E-state index contributed by atoms with van der Waals surface area (Å²) in [5, 5.41) is 8.09. The number of carbonyl (C=O) groups excluding carboxylic acids is 1. The van der Waals surface area contributed by atoms with E-state index in [2.05, 4.69) is 0 Å². The molecule has 5 heavy (non-hydrogen) atoms. The average Bonchev–Trinajstić information content (AvgIpc) is 1.79. The first kappa shape index (κ1) is 2.85. The van der Waals surface area contributed by atoms with Crippen molar-refractivity contribution in [3.05, 3.63) is 0 Å². The second kappa shape index (κ2) is 0.571. The number of Topliss-reactive ketones (excluding diaryl/α,β-unsaturated/α-hetero) is 1. The van der Waals surface area contributed by atoms with Crippen LogP contribution >= 0.6 is 0 Å². The number of aliphatic hydroxyl groups is 1. The molecule has 1 aliphatic rings. The molecule has 2 nitrogen and oxygen atoms in total. The van der Waals surface area contributed by atoms with Crippen molar-refractivity contribution in [3.8, 4) is 0 Å². The van der Waals surface area contributed by atoms with Crippen molar-refractivity contribution < 1.29 is 9.90 Å². The van der Waals surface area contributed by atoms with Crippen molar-refractivity contribution in [2.75, 3.05) is 0 Å². The minimum absolute atomic E-state index is 0.0231. The third-order valence-electron chi connectivity index (χ3n) is 0.606. The first-order valence-corrected chi connectivity index (χ1v) is 1.51. The lowest BCUT2D eigenvalue weighted by Gasteiger charge is -1.56. The van der Waals surface area contributed by atoms with Gasteiger partial charge in [0.1, 0.15) is 6.10 Å². The van der Waals surface area contributed by atoms with E-state index >= 15 is 0 Å². The summed E-state index contributed by atoms with van der Waals surface area (Å²) < 4.78 is 0. The topological polar surface area (TPSA) is 37.3 Å². The molecule has 0 heterocycles. The van der Waals surface area contributed by atoms with E-state index in [1.807, 2.05) is 0 Å². The van der Waals surface area contributed by atoms with Crippen LogP contribution < -0.4 is 0 Å². The molecule has 1 aliphatic carbocycles. The quantitative estimate of drug-likeness (QED) is 0.411. The van der Waals surface area contributed by atoms with Gasteiger partial charge < -0.3 is 5.11 Å². The molecule has 0 amide bonds. The molecule has 0 aliphatic heterocycles. The number of carbonyl (C=O) groups is 1. The molecule has 0 saturated heterocycles. The van der Waals surface area contributed by atoms with Gasteiger partial charge in [-0.25, -0.2) is 0 Å². The zero-order valence-corrected chi connectivity index (χ0v) is 2.64. The van der Waals surface area contributed by atoms with E-state index in [4.69, 9.17) is 5.11 Å². The summed E-state index contributed by atoms with van der Waals surface area (Å²) in [7, 11) is 0. The van der Waals surface area contributed by atoms with Gasteiger partial charge >= 0.3 is 0 Å². The number of aliphatic hydroxyl groups excluding tert-OH is 1. The fourth-order valence-electron chi connectivity index (χ4n) is 0.132. The van der Waals surface area contributed by atoms with Crippen molar-refractivity contribution in [1.82, 2.24) is 0 Å². The lowest BCUT2D eigenvalue weighted by atomic mass is 10.9. The average molecular weight is 72.1 g/mol. The molecule has 1 atom stereocenters. The van der Waals surface area contributed by atoms with Gasteiger partial charge in [-0.15, -0.1) is 0 Å². The molecule has 1 N–H and O–H groups in total. The second-order valence-corrected chi connectivity index (χ2v) is 1.19. The van der Waals surface area contributed by atoms with Gasteiger partial charge in [-0.1, -0.05) is 0 Å². The summed E-state index contributed by atoms with van der Waals surface area (Å²) >= 11 is 0. The number of hydrogen-bond donors (Lipinski definition) is 1. The normalized spacial score (nSPS) is 34.6. The van der Waals surface area contributed by atoms with Gasteiger partial charge in [-0.05, 0) is 0 Å². The third kappa shape index (κ3) is 0.304. The molecule has 2 heteroatoms. The van der Waals surface area contributed by atoms with E-state index in [0.29, 0.717) is 6.42 Å². The number of rotatable bonds is 0. The van der Waals surface area contributed by atoms with Crippen LogP contribution in [-0.4, -0.2) is 17.0 Å². The monoisotopic (exact) mass is 72.0 g/mol. The van der Waals surface area contributed by atoms with Gasteiger partial charge in [0, 0.05) is 6.42 Å². The summed E-state index contributed by atoms with van der Waals surface area (Å²) in [6.45, 7) is 0. The van der Waals surface area contributed by atoms with Gasteiger partial charge in [0.2, 0.25) is 0 Å². The van der Waals surface area contributed by atoms with Crippen LogP contribution in [0, 0.1) is 0 Å². The van der Waals surface area contributed by atoms with E-state index in [-0.39, 0.29) is 5.78 Å². The Morgan fingerprint density at radius 1 is 2.00 bits per heavy atom. The summed E-state index contributed by atoms with van der Waals surface area (Å²) in [5.74, 6) is -0.0231. The first-order valence-electron chi connectivity index (χ1n) is 1.51. The van der Waals surface area contributed by atoms with Crippen molar-refractivity contribution >= 4 is 5.78 Å². The van der Waals surface area contributed by atoms with Crippen LogP contribution in [0.3, 0.4) is 0 Å². The van der Waals surface area contributed by atoms with Crippen LogP contribution in [0.1, 0.15) is 6.42 Å². The molecule has 0 spiro atoms. The van der Waals surface area contributed by atoms with E-state index in [0.717, 1.165) is 0 Å². The number of hydrogen-bond acceptors (Lipinski definition) is 2. The van der Waals surface area contributed by atoms with E-state index in [1.165, 1.54) is 0 Å². The van der Waals surface area contributed by atoms with Crippen molar-refractivity contribution in [2.45, 2.75) is 12.5 Å². The van der Waals surface area contributed by atoms with Crippen LogP contribution in [0.25, 0.3) is 0 Å². The summed E-state index contributed by atoms with van der Waals surface area (Å²) in [6.07, 6.45) is -0.199. The standard InChI is InChI=1S/C3H4O2/c4-2-1-3(2)5/h2,4H,1H2. The van der Waals surface area contributed by atoms with Crippen LogP contribution in [0.4, 0.5) is 0 Å². The number of ketones is 1. The Morgan fingerprint density at radius 3 is 2.20 bits per heavy atom. The molecular formula is C3H4O2. The molecule has 0 aromatic heterocycles. The smallest absolute Gasteiger partial charge is 0.164 e. The predicted octanol–water partition coefficient (Wildman–Crippen LogP) is -0.680. The molecule has 0 aromatic carbocycles. The van der Waals surface area contributed by atoms with E-state index < -0.39 is 6.10 Å². The minimum atomic E-state index is -0.588. The van der Waals surface area contributed by atoms with Gasteiger partial charge in [0.15, 0.2) is 5.78 Å². The maximum atomic E-state index is 9.64. The first-order chi connectivity index (χ1) is 2.30. The minimum Gasteiger partial charge on any atom is -0.385 e.